The average Bonchev–Trinajstić information content (AvgIpc) is 2.66. The molecular weight excluding hydrogens is 330 g/mol. The lowest BCUT2D eigenvalue weighted by molar-refractivity contribution is -0.146. The summed E-state index contributed by atoms with van der Waals surface area (Å²) in [5, 5.41) is 0. The minimum Gasteiger partial charge on any atom is -0.490 e. The van der Waals surface area contributed by atoms with Crippen LogP contribution < -0.4 is 4.74 Å². The molecule has 0 unspecified atom stereocenters. The molecule has 0 fully saturated rings. The molecule has 2 aromatic rings. The second-order valence-corrected chi connectivity index (χ2v) is 5.97. The summed E-state index contributed by atoms with van der Waals surface area (Å²) < 4.78 is 10.8. The Morgan fingerprint density at radius 2 is 1.73 bits per heavy atom. The molecule has 0 saturated carbocycles. The fourth-order valence-electron chi connectivity index (χ4n) is 2.96. The van der Waals surface area contributed by atoms with Gasteiger partial charge in [-0.15, -0.1) is 0 Å². The van der Waals surface area contributed by atoms with Gasteiger partial charge in [0.05, 0.1) is 12.5 Å². The number of rotatable bonds is 6. The van der Waals surface area contributed by atoms with Gasteiger partial charge in [-0.3, -0.25) is 9.59 Å². The van der Waals surface area contributed by atoms with Crippen LogP contribution in [0.3, 0.4) is 0 Å². The SMILES string of the molecule is CC(=O)N1C=Cc2ccccc2[C@@H]1CC(=O)OCCOc1ccccc1. The highest BCUT2D eigenvalue weighted by Gasteiger charge is 2.28. The Bertz CT molecular complexity index is 801. The van der Waals surface area contributed by atoms with Crippen molar-refractivity contribution in [1.82, 2.24) is 4.90 Å². The first kappa shape index (κ1) is 17.7. The van der Waals surface area contributed by atoms with Gasteiger partial charge >= 0.3 is 5.97 Å². The van der Waals surface area contributed by atoms with Crippen LogP contribution in [-0.4, -0.2) is 30.0 Å². The van der Waals surface area contributed by atoms with Gasteiger partial charge < -0.3 is 14.4 Å². The molecule has 1 aliphatic heterocycles. The maximum atomic E-state index is 12.3. The van der Waals surface area contributed by atoms with Crippen LogP contribution in [0.4, 0.5) is 0 Å². The van der Waals surface area contributed by atoms with Crippen molar-refractivity contribution in [3.63, 3.8) is 0 Å². The molecular formula is C21H21NO4. The maximum absolute atomic E-state index is 12.3. The molecule has 5 nitrogen and oxygen atoms in total. The van der Waals surface area contributed by atoms with E-state index in [1.54, 1.807) is 11.1 Å². The van der Waals surface area contributed by atoms with Crippen molar-refractivity contribution in [1.29, 1.82) is 0 Å². The molecule has 134 valence electrons. The van der Waals surface area contributed by atoms with Crippen molar-refractivity contribution >= 4 is 18.0 Å². The molecule has 0 saturated heterocycles. The normalized spacial score (nSPS) is 15.3. The van der Waals surface area contributed by atoms with Crippen LogP contribution in [-0.2, 0) is 14.3 Å². The van der Waals surface area contributed by atoms with Crippen LogP contribution in [0, 0.1) is 0 Å². The quantitative estimate of drug-likeness (QED) is 0.590. The molecule has 0 radical (unpaired) electrons. The summed E-state index contributed by atoms with van der Waals surface area (Å²) in [6, 6.07) is 16.7. The predicted molar refractivity (Wildman–Crippen MR) is 98.3 cm³/mol. The van der Waals surface area contributed by atoms with Crippen LogP contribution in [0.1, 0.15) is 30.5 Å². The predicted octanol–water partition coefficient (Wildman–Crippen LogP) is 3.57. The van der Waals surface area contributed by atoms with Crippen LogP contribution in [0.2, 0.25) is 0 Å². The van der Waals surface area contributed by atoms with E-state index in [1.807, 2.05) is 60.7 Å². The van der Waals surface area contributed by atoms with Crippen LogP contribution in [0.15, 0.2) is 60.8 Å². The van der Waals surface area contributed by atoms with E-state index in [-0.39, 0.29) is 37.6 Å². The Morgan fingerprint density at radius 3 is 2.50 bits per heavy atom. The lowest BCUT2D eigenvalue weighted by atomic mass is 9.94. The van der Waals surface area contributed by atoms with E-state index in [9.17, 15) is 9.59 Å². The average molecular weight is 351 g/mol. The maximum Gasteiger partial charge on any atom is 0.308 e. The van der Waals surface area contributed by atoms with Crippen molar-refractivity contribution < 1.29 is 19.1 Å². The van der Waals surface area contributed by atoms with Gasteiger partial charge in [0.15, 0.2) is 0 Å². The van der Waals surface area contributed by atoms with E-state index >= 15 is 0 Å². The molecule has 0 aliphatic carbocycles. The molecule has 1 heterocycles. The number of hydrogen-bond donors (Lipinski definition) is 0. The highest BCUT2D eigenvalue weighted by Crippen LogP contribution is 2.33. The zero-order chi connectivity index (χ0) is 18.4. The summed E-state index contributed by atoms with van der Waals surface area (Å²) in [6.45, 7) is 1.94. The van der Waals surface area contributed by atoms with E-state index in [2.05, 4.69) is 0 Å². The third-order valence-corrected chi connectivity index (χ3v) is 4.19. The number of fused-ring (bicyclic) bond motifs is 1. The number of ether oxygens (including phenoxy) is 2. The van der Waals surface area contributed by atoms with E-state index < -0.39 is 0 Å². The lowest BCUT2D eigenvalue weighted by Gasteiger charge is -2.32. The van der Waals surface area contributed by atoms with E-state index in [0.29, 0.717) is 0 Å². The summed E-state index contributed by atoms with van der Waals surface area (Å²) in [5.41, 5.74) is 1.96. The van der Waals surface area contributed by atoms with E-state index in [0.717, 1.165) is 16.9 Å². The van der Waals surface area contributed by atoms with Gasteiger partial charge in [-0.25, -0.2) is 0 Å². The Kier molecular flexibility index (Phi) is 5.69. The van der Waals surface area contributed by atoms with Gasteiger partial charge in [-0.1, -0.05) is 42.5 Å². The number of esters is 1. The van der Waals surface area contributed by atoms with Gasteiger partial charge in [-0.05, 0) is 29.3 Å². The van der Waals surface area contributed by atoms with Gasteiger partial charge in [0.25, 0.3) is 0 Å². The van der Waals surface area contributed by atoms with Gasteiger partial charge in [-0.2, -0.15) is 0 Å². The molecule has 0 spiro atoms. The monoisotopic (exact) mass is 351 g/mol. The number of nitrogens with zero attached hydrogens (tertiary/aromatic N) is 1. The smallest absolute Gasteiger partial charge is 0.308 e. The molecule has 5 heteroatoms. The molecule has 1 amide bonds. The lowest BCUT2D eigenvalue weighted by Crippen LogP contribution is -2.32. The fraction of sp³-hybridized carbons (Fsp3) is 0.238. The van der Waals surface area contributed by atoms with Gasteiger partial charge in [0.2, 0.25) is 5.91 Å². The van der Waals surface area contributed by atoms with Crippen LogP contribution in [0.5, 0.6) is 5.75 Å². The molecule has 3 rings (SSSR count). The molecule has 0 bridgehead atoms. The highest BCUT2D eigenvalue weighted by molar-refractivity contribution is 5.80. The number of carbonyl (C=O) groups is 2. The van der Waals surface area contributed by atoms with Crippen molar-refractivity contribution in [2.24, 2.45) is 0 Å². The fourth-order valence-corrected chi connectivity index (χ4v) is 2.96. The van der Waals surface area contributed by atoms with Crippen molar-refractivity contribution in [2.45, 2.75) is 19.4 Å². The van der Waals surface area contributed by atoms with Crippen molar-refractivity contribution in [2.75, 3.05) is 13.2 Å². The summed E-state index contributed by atoms with van der Waals surface area (Å²) in [7, 11) is 0. The molecule has 0 N–H and O–H groups in total. The first-order chi connectivity index (χ1) is 12.6. The highest BCUT2D eigenvalue weighted by atomic mass is 16.6. The van der Waals surface area contributed by atoms with Crippen molar-refractivity contribution in [3.8, 4) is 5.75 Å². The first-order valence-electron chi connectivity index (χ1n) is 8.54. The Hall–Kier alpha value is -3.08. The van der Waals surface area contributed by atoms with Crippen molar-refractivity contribution in [3.05, 3.63) is 71.9 Å². The van der Waals surface area contributed by atoms with E-state index in [4.69, 9.17) is 9.47 Å². The molecule has 26 heavy (non-hydrogen) atoms. The molecule has 2 aromatic carbocycles. The van der Waals surface area contributed by atoms with Crippen LogP contribution >= 0.6 is 0 Å². The van der Waals surface area contributed by atoms with Gasteiger partial charge in [0.1, 0.15) is 19.0 Å². The number of hydrogen-bond acceptors (Lipinski definition) is 4. The standard InChI is InChI=1S/C21H21NO4/c1-16(23)22-12-11-17-7-5-6-10-19(17)20(22)15-21(24)26-14-13-25-18-8-3-2-4-9-18/h2-12,20H,13-15H2,1H3/t20-/m0/s1. The van der Waals surface area contributed by atoms with E-state index in [1.165, 1.54) is 6.92 Å². The minimum absolute atomic E-state index is 0.103. The summed E-state index contributed by atoms with van der Waals surface area (Å²) in [6.07, 6.45) is 3.71. The topological polar surface area (TPSA) is 55.8 Å². The second kappa shape index (κ2) is 8.34. The Morgan fingerprint density at radius 1 is 1.00 bits per heavy atom. The number of para-hydroxylation sites is 1. The minimum atomic E-state index is -0.358. The van der Waals surface area contributed by atoms with Gasteiger partial charge in [0, 0.05) is 13.1 Å². The molecule has 1 aliphatic rings. The summed E-state index contributed by atoms with van der Waals surface area (Å²) in [5.74, 6) is 0.265. The number of carbonyl (C=O) groups excluding carboxylic acids is 2. The number of amides is 1. The van der Waals surface area contributed by atoms with Crippen LogP contribution in [0.25, 0.3) is 6.08 Å². The number of benzene rings is 2. The third kappa shape index (κ3) is 4.30. The summed E-state index contributed by atoms with van der Waals surface area (Å²) >= 11 is 0. The Labute approximate surface area is 152 Å². The zero-order valence-electron chi connectivity index (χ0n) is 14.6. The third-order valence-electron chi connectivity index (χ3n) is 4.19. The summed E-state index contributed by atoms with van der Waals surface area (Å²) in [4.78, 5) is 25.8. The Balaban J connectivity index is 1.56. The zero-order valence-corrected chi connectivity index (χ0v) is 14.6. The molecule has 1 atom stereocenters. The first-order valence-corrected chi connectivity index (χ1v) is 8.54. The molecule has 0 aromatic heterocycles. The second-order valence-electron chi connectivity index (χ2n) is 5.97. The largest absolute Gasteiger partial charge is 0.490 e.